The summed E-state index contributed by atoms with van der Waals surface area (Å²) in [6.45, 7) is 0.883. The summed E-state index contributed by atoms with van der Waals surface area (Å²) < 4.78 is 0. The summed E-state index contributed by atoms with van der Waals surface area (Å²) in [5.41, 5.74) is 0.743. The van der Waals surface area contributed by atoms with E-state index < -0.39 is 0 Å². The van der Waals surface area contributed by atoms with E-state index in [1.807, 2.05) is 0 Å². The molecule has 0 aromatic carbocycles. The molecule has 0 atom stereocenters. The topological polar surface area (TPSA) is 35.8 Å². The number of hydrogen-bond donors (Lipinski definition) is 1. The van der Waals surface area contributed by atoms with Crippen molar-refractivity contribution in [1.29, 1.82) is 5.26 Å². The van der Waals surface area contributed by atoms with Crippen LogP contribution in [0.5, 0.6) is 0 Å². The summed E-state index contributed by atoms with van der Waals surface area (Å²) in [6, 6.07) is 2.89. The lowest BCUT2D eigenvalue weighted by Gasteiger charge is -2.37. The van der Waals surface area contributed by atoms with Crippen LogP contribution in [0, 0.1) is 16.7 Å². The van der Waals surface area contributed by atoms with Crippen molar-refractivity contribution in [2.75, 3.05) is 6.54 Å². The van der Waals surface area contributed by atoms with Crippen molar-refractivity contribution in [3.8, 4) is 6.07 Å². The molecule has 1 spiro atoms. The molecule has 84 valence electrons. The van der Waals surface area contributed by atoms with E-state index in [1.165, 1.54) is 51.4 Å². The second-order valence-corrected chi connectivity index (χ2v) is 5.34. The van der Waals surface area contributed by atoms with Gasteiger partial charge in [-0.3, -0.25) is 0 Å². The van der Waals surface area contributed by atoms with Gasteiger partial charge < -0.3 is 5.32 Å². The zero-order valence-corrected chi connectivity index (χ0v) is 9.60. The molecule has 2 heteroatoms. The predicted molar refractivity (Wildman–Crippen MR) is 61.4 cm³/mol. The Hall–Kier alpha value is -0.550. The van der Waals surface area contributed by atoms with Crippen molar-refractivity contribution in [1.82, 2.24) is 5.32 Å². The van der Waals surface area contributed by atoms with Crippen LogP contribution in [-0.4, -0.2) is 12.6 Å². The van der Waals surface area contributed by atoms with Crippen molar-refractivity contribution in [2.24, 2.45) is 5.41 Å². The predicted octanol–water partition coefficient (Wildman–Crippen LogP) is 2.99. The highest BCUT2D eigenvalue weighted by atomic mass is 14.9. The van der Waals surface area contributed by atoms with Gasteiger partial charge in [-0.25, -0.2) is 0 Å². The molecule has 0 bridgehead atoms. The first kappa shape index (κ1) is 11.0. The molecule has 1 N–H and O–H groups in total. The molecule has 0 saturated heterocycles. The molecule has 0 unspecified atom stereocenters. The molecule has 0 amide bonds. The van der Waals surface area contributed by atoms with Gasteiger partial charge >= 0.3 is 0 Å². The second-order valence-electron chi connectivity index (χ2n) is 5.34. The van der Waals surface area contributed by atoms with Crippen molar-refractivity contribution in [2.45, 2.75) is 63.8 Å². The number of hydrogen-bond acceptors (Lipinski definition) is 2. The van der Waals surface area contributed by atoms with Gasteiger partial charge in [0, 0.05) is 19.0 Å². The molecule has 0 radical (unpaired) electrons. The Morgan fingerprint density at radius 2 is 1.80 bits per heavy atom. The average molecular weight is 206 g/mol. The summed E-state index contributed by atoms with van der Waals surface area (Å²) in [7, 11) is 0. The van der Waals surface area contributed by atoms with E-state index in [0.29, 0.717) is 12.5 Å². The first-order valence-electron chi connectivity index (χ1n) is 6.45. The molecule has 2 saturated carbocycles. The maximum atomic E-state index is 8.47. The van der Waals surface area contributed by atoms with E-state index in [0.717, 1.165) is 12.0 Å². The summed E-state index contributed by atoms with van der Waals surface area (Å²) in [5.74, 6) is 0. The molecule has 0 heterocycles. The summed E-state index contributed by atoms with van der Waals surface area (Å²) in [4.78, 5) is 0. The molecular weight excluding hydrogens is 184 g/mol. The second kappa shape index (κ2) is 4.99. The van der Waals surface area contributed by atoms with Gasteiger partial charge in [0.2, 0.25) is 0 Å². The SMILES string of the molecule is N#CCCNC1CCC2(CCCC2)CC1. The maximum Gasteiger partial charge on any atom is 0.0635 e. The third-order valence-electron chi connectivity index (χ3n) is 4.38. The van der Waals surface area contributed by atoms with Gasteiger partial charge in [0.25, 0.3) is 0 Å². The first-order chi connectivity index (χ1) is 7.35. The Morgan fingerprint density at radius 3 is 2.40 bits per heavy atom. The quantitative estimate of drug-likeness (QED) is 0.721. The fourth-order valence-corrected chi connectivity index (χ4v) is 3.39. The molecule has 0 aliphatic heterocycles. The van der Waals surface area contributed by atoms with Gasteiger partial charge in [0.1, 0.15) is 0 Å². The highest BCUT2D eigenvalue weighted by Gasteiger charge is 2.37. The highest BCUT2D eigenvalue weighted by Crippen LogP contribution is 2.48. The monoisotopic (exact) mass is 206 g/mol. The van der Waals surface area contributed by atoms with E-state index >= 15 is 0 Å². The number of nitriles is 1. The van der Waals surface area contributed by atoms with Crippen LogP contribution in [0.3, 0.4) is 0 Å². The van der Waals surface area contributed by atoms with E-state index in [1.54, 1.807) is 0 Å². The highest BCUT2D eigenvalue weighted by molar-refractivity contribution is 4.91. The summed E-state index contributed by atoms with van der Waals surface area (Å²) >= 11 is 0. The van der Waals surface area contributed by atoms with Crippen LogP contribution >= 0.6 is 0 Å². The first-order valence-corrected chi connectivity index (χ1v) is 6.45. The van der Waals surface area contributed by atoms with Crippen LogP contribution < -0.4 is 5.32 Å². The van der Waals surface area contributed by atoms with Crippen LogP contribution in [-0.2, 0) is 0 Å². The largest absolute Gasteiger partial charge is 0.313 e. The van der Waals surface area contributed by atoms with Gasteiger partial charge in [-0.2, -0.15) is 5.26 Å². The number of nitrogens with one attached hydrogen (secondary N) is 1. The van der Waals surface area contributed by atoms with E-state index in [2.05, 4.69) is 11.4 Å². The van der Waals surface area contributed by atoms with E-state index in [4.69, 9.17) is 5.26 Å². The van der Waals surface area contributed by atoms with Crippen LogP contribution in [0.2, 0.25) is 0 Å². The molecular formula is C13H22N2. The molecule has 2 aliphatic carbocycles. The zero-order valence-electron chi connectivity index (χ0n) is 9.60. The van der Waals surface area contributed by atoms with E-state index in [-0.39, 0.29) is 0 Å². The van der Waals surface area contributed by atoms with Crippen LogP contribution in [0.25, 0.3) is 0 Å². The molecule has 15 heavy (non-hydrogen) atoms. The standard InChI is InChI=1S/C13H22N2/c14-10-3-11-15-12-4-8-13(9-5-12)6-1-2-7-13/h12,15H,1-9,11H2. The third-order valence-corrected chi connectivity index (χ3v) is 4.38. The van der Waals surface area contributed by atoms with Gasteiger partial charge in [0.05, 0.1) is 6.07 Å². The Balaban J connectivity index is 1.70. The van der Waals surface area contributed by atoms with Crippen LogP contribution in [0.1, 0.15) is 57.8 Å². The Bertz CT molecular complexity index is 225. The molecule has 0 aromatic heterocycles. The van der Waals surface area contributed by atoms with Gasteiger partial charge in [-0.15, -0.1) is 0 Å². The minimum atomic E-state index is 0.654. The minimum absolute atomic E-state index is 0.654. The molecule has 2 rings (SSSR count). The summed E-state index contributed by atoms with van der Waals surface area (Å²) in [5, 5.41) is 12.0. The Morgan fingerprint density at radius 1 is 1.13 bits per heavy atom. The van der Waals surface area contributed by atoms with Crippen molar-refractivity contribution in [3.63, 3.8) is 0 Å². The van der Waals surface area contributed by atoms with Crippen LogP contribution in [0.15, 0.2) is 0 Å². The summed E-state index contributed by atoms with van der Waals surface area (Å²) in [6.07, 6.45) is 12.1. The fourth-order valence-electron chi connectivity index (χ4n) is 3.39. The van der Waals surface area contributed by atoms with Crippen molar-refractivity contribution >= 4 is 0 Å². The lowest BCUT2D eigenvalue weighted by Crippen LogP contribution is -2.37. The number of nitrogens with zero attached hydrogens (tertiary/aromatic N) is 1. The van der Waals surface area contributed by atoms with Crippen molar-refractivity contribution < 1.29 is 0 Å². The molecule has 0 aromatic rings. The lowest BCUT2D eigenvalue weighted by molar-refractivity contribution is 0.169. The fraction of sp³-hybridized carbons (Fsp3) is 0.923. The van der Waals surface area contributed by atoms with Gasteiger partial charge in [0.15, 0.2) is 0 Å². The molecule has 2 nitrogen and oxygen atoms in total. The average Bonchev–Trinajstić information content (AvgIpc) is 2.71. The maximum absolute atomic E-state index is 8.47. The zero-order chi connectivity index (χ0) is 10.6. The van der Waals surface area contributed by atoms with Crippen molar-refractivity contribution in [3.05, 3.63) is 0 Å². The smallest absolute Gasteiger partial charge is 0.0635 e. The Kier molecular flexibility index (Phi) is 3.64. The molecule has 2 fully saturated rings. The normalized spacial score (nSPS) is 25.5. The molecule has 2 aliphatic rings. The van der Waals surface area contributed by atoms with E-state index in [9.17, 15) is 0 Å². The van der Waals surface area contributed by atoms with Gasteiger partial charge in [-0.1, -0.05) is 12.8 Å². The third kappa shape index (κ3) is 2.72. The Labute approximate surface area is 93.0 Å². The minimum Gasteiger partial charge on any atom is -0.313 e. The number of rotatable bonds is 3. The van der Waals surface area contributed by atoms with Crippen LogP contribution in [0.4, 0.5) is 0 Å². The van der Waals surface area contributed by atoms with Gasteiger partial charge in [-0.05, 0) is 43.9 Å². The lowest BCUT2D eigenvalue weighted by atomic mass is 9.71.